The van der Waals surface area contributed by atoms with Crippen molar-refractivity contribution in [3.63, 3.8) is 0 Å². The Morgan fingerprint density at radius 1 is 1.15 bits per heavy atom. The van der Waals surface area contributed by atoms with Crippen LogP contribution >= 0.6 is 15.9 Å². The minimum absolute atomic E-state index is 0.0172. The average Bonchev–Trinajstić information content (AvgIpc) is 2.43. The van der Waals surface area contributed by atoms with Crippen LogP contribution in [0.1, 0.15) is 11.1 Å². The van der Waals surface area contributed by atoms with Gasteiger partial charge in [0.2, 0.25) is 0 Å². The van der Waals surface area contributed by atoms with E-state index < -0.39 is 0 Å². The van der Waals surface area contributed by atoms with Gasteiger partial charge in [0.1, 0.15) is 17.3 Å². The fourth-order valence-corrected chi connectivity index (χ4v) is 2.24. The third kappa shape index (κ3) is 3.90. The molecule has 2 aromatic carbocycles. The van der Waals surface area contributed by atoms with Crippen LogP contribution in [-0.2, 0) is 17.6 Å². The van der Waals surface area contributed by atoms with Crippen LogP contribution in [0, 0.1) is 5.82 Å². The molecule has 0 saturated heterocycles. The molecule has 0 saturated carbocycles. The summed E-state index contributed by atoms with van der Waals surface area (Å²) < 4.78 is 19.4. The van der Waals surface area contributed by atoms with Crippen LogP contribution < -0.4 is 4.74 Å². The Kier molecular flexibility index (Phi) is 4.90. The highest BCUT2D eigenvalue weighted by Crippen LogP contribution is 2.17. The van der Waals surface area contributed by atoms with Crippen molar-refractivity contribution in [2.24, 2.45) is 0 Å². The van der Waals surface area contributed by atoms with Crippen LogP contribution in [0.25, 0.3) is 0 Å². The number of ether oxygens (including phenoxy) is 1. The predicted molar refractivity (Wildman–Crippen MR) is 79.5 cm³/mol. The van der Waals surface area contributed by atoms with Gasteiger partial charge in [0.05, 0.1) is 7.11 Å². The Morgan fingerprint density at radius 3 is 2.45 bits per heavy atom. The van der Waals surface area contributed by atoms with Crippen molar-refractivity contribution in [1.82, 2.24) is 0 Å². The molecule has 0 aliphatic heterocycles. The number of Topliss-reactive ketones (excluding diaryl/α,β-unsaturated/α-hetero) is 1. The lowest BCUT2D eigenvalue weighted by atomic mass is 10.0. The minimum Gasteiger partial charge on any atom is -0.497 e. The van der Waals surface area contributed by atoms with Crippen molar-refractivity contribution < 1.29 is 13.9 Å². The maximum Gasteiger partial charge on any atom is 0.141 e. The SMILES string of the molecule is COc1ccc(CC(=O)Cc2ccc(Br)cc2F)cc1. The molecule has 0 aliphatic carbocycles. The van der Waals surface area contributed by atoms with Crippen LogP contribution in [0.3, 0.4) is 0 Å². The molecule has 104 valence electrons. The van der Waals surface area contributed by atoms with E-state index in [2.05, 4.69) is 15.9 Å². The third-order valence-corrected chi connectivity index (χ3v) is 3.46. The molecule has 0 spiro atoms. The number of benzene rings is 2. The quantitative estimate of drug-likeness (QED) is 0.826. The molecular weight excluding hydrogens is 323 g/mol. The van der Waals surface area contributed by atoms with Gasteiger partial charge >= 0.3 is 0 Å². The van der Waals surface area contributed by atoms with E-state index in [1.54, 1.807) is 19.2 Å². The normalized spacial score (nSPS) is 10.3. The number of ketones is 1. The Hall–Kier alpha value is -1.68. The molecule has 4 heteroatoms. The molecular formula is C16H14BrFO2. The maximum atomic E-state index is 13.6. The van der Waals surface area contributed by atoms with Gasteiger partial charge in [-0.1, -0.05) is 34.1 Å². The van der Waals surface area contributed by atoms with Crippen molar-refractivity contribution in [2.75, 3.05) is 7.11 Å². The van der Waals surface area contributed by atoms with Gasteiger partial charge in [-0.2, -0.15) is 0 Å². The fraction of sp³-hybridized carbons (Fsp3) is 0.188. The number of methoxy groups -OCH3 is 1. The standard InChI is InChI=1S/C16H14BrFO2/c1-20-15-6-2-11(3-7-15)8-14(19)9-12-4-5-13(17)10-16(12)18/h2-7,10H,8-9H2,1H3. The molecule has 0 amide bonds. The molecule has 0 atom stereocenters. The van der Waals surface area contributed by atoms with E-state index >= 15 is 0 Å². The number of hydrogen-bond acceptors (Lipinski definition) is 2. The van der Waals surface area contributed by atoms with E-state index in [0.29, 0.717) is 16.5 Å². The lowest BCUT2D eigenvalue weighted by molar-refractivity contribution is -0.117. The summed E-state index contributed by atoms with van der Waals surface area (Å²) in [5.74, 6) is 0.374. The number of halogens is 2. The third-order valence-electron chi connectivity index (χ3n) is 2.96. The van der Waals surface area contributed by atoms with Crippen LogP contribution in [0.4, 0.5) is 4.39 Å². The second-order valence-electron chi connectivity index (χ2n) is 4.48. The molecule has 0 aromatic heterocycles. The fourth-order valence-electron chi connectivity index (χ4n) is 1.91. The second kappa shape index (κ2) is 6.66. The van der Waals surface area contributed by atoms with Crippen LogP contribution in [0.15, 0.2) is 46.9 Å². The van der Waals surface area contributed by atoms with E-state index in [1.165, 1.54) is 6.07 Å². The molecule has 0 heterocycles. The van der Waals surface area contributed by atoms with Gasteiger partial charge in [-0.25, -0.2) is 4.39 Å². The molecule has 0 N–H and O–H groups in total. The maximum absolute atomic E-state index is 13.6. The lowest BCUT2D eigenvalue weighted by Gasteiger charge is -2.05. The zero-order chi connectivity index (χ0) is 14.5. The first-order valence-corrected chi connectivity index (χ1v) is 6.96. The van der Waals surface area contributed by atoms with E-state index in [1.807, 2.05) is 24.3 Å². The average molecular weight is 337 g/mol. The first-order valence-electron chi connectivity index (χ1n) is 6.17. The van der Waals surface area contributed by atoms with Crippen molar-refractivity contribution in [1.29, 1.82) is 0 Å². The zero-order valence-corrected chi connectivity index (χ0v) is 12.6. The van der Waals surface area contributed by atoms with Gasteiger partial charge in [0.25, 0.3) is 0 Å². The largest absolute Gasteiger partial charge is 0.497 e. The van der Waals surface area contributed by atoms with Gasteiger partial charge in [0, 0.05) is 17.3 Å². The van der Waals surface area contributed by atoms with Crippen molar-refractivity contribution in [3.05, 3.63) is 63.9 Å². The topological polar surface area (TPSA) is 26.3 Å². The van der Waals surface area contributed by atoms with Gasteiger partial charge < -0.3 is 4.74 Å². The molecule has 2 rings (SSSR count). The van der Waals surface area contributed by atoms with Crippen LogP contribution in [0.2, 0.25) is 0 Å². The number of carbonyl (C=O) groups is 1. The first-order chi connectivity index (χ1) is 9.58. The molecule has 0 aliphatic rings. The molecule has 0 bridgehead atoms. The van der Waals surface area contributed by atoms with Crippen molar-refractivity contribution in [2.45, 2.75) is 12.8 Å². The van der Waals surface area contributed by atoms with Gasteiger partial charge in [-0.05, 0) is 35.4 Å². The monoisotopic (exact) mass is 336 g/mol. The molecule has 2 aromatic rings. The van der Waals surface area contributed by atoms with Crippen molar-refractivity contribution >= 4 is 21.7 Å². The second-order valence-corrected chi connectivity index (χ2v) is 5.39. The summed E-state index contributed by atoms with van der Waals surface area (Å²) in [5.41, 5.74) is 1.32. The van der Waals surface area contributed by atoms with Crippen molar-refractivity contribution in [3.8, 4) is 5.75 Å². The lowest BCUT2D eigenvalue weighted by Crippen LogP contribution is -2.08. The summed E-state index contributed by atoms with van der Waals surface area (Å²) in [6, 6.07) is 12.0. The van der Waals surface area contributed by atoms with E-state index in [0.717, 1.165) is 11.3 Å². The van der Waals surface area contributed by atoms with E-state index in [4.69, 9.17) is 4.74 Å². The zero-order valence-electron chi connectivity index (χ0n) is 11.0. The smallest absolute Gasteiger partial charge is 0.141 e. The first kappa shape index (κ1) is 14.7. The highest BCUT2D eigenvalue weighted by atomic mass is 79.9. The minimum atomic E-state index is -0.359. The number of rotatable bonds is 5. The Bertz CT molecular complexity index is 608. The number of carbonyl (C=O) groups excluding carboxylic acids is 1. The van der Waals surface area contributed by atoms with E-state index in [9.17, 15) is 9.18 Å². The van der Waals surface area contributed by atoms with E-state index in [-0.39, 0.29) is 18.0 Å². The summed E-state index contributed by atoms with van der Waals surface area (Å²) >= 11 is 3.19. The highest BCUT2D eigenvalue weighted by molar-refractivity contribution is 9.10. The summed E-state index contributed by atoms with van der Waals surface area (Å²) in [4.78, 5) is 12.0. The van der Waals surface area contributed by atoms with Gasteiger partial charge in [-0.3, -0.25) is 4.79 Å². The Balaban J connectivity index is 2.01. The van der Waals surface area contributed by atoms with Crippen LogP contribution in [-0.4, -0.2) is 12.9 Å². The molecule has 0 fully saturated rings. The molecule has 20 heavy (non-hydrogen) atoms. The highest BCUT2D eigenvalue weighted by Gasteiger charge is 2.09. The molecule has 2 nitrogen and oxygen atoms in total. The number of hydrogen-bond donors (Lipinski definition) is 0. The summed E-state index contributed by atoms with van der Waals surface area (Å²) in [5, 5.41) is 0. The Labute approximate surface area is 125 Å². The summed E-state index contributed by atoms with van der Waals surface area (Å²) in [6.45, 7) is 0. The van der Waals surface area contributed by atoms with Gasteiger partial charge in [0.15, 0.2) is 0 Å². The van der Waals surface area contributed by atoms with Gasteiger partial charge in [-0.15, -0.1) is 0 Å². The summed E-state index contributed by atoms with van der Waals surface area (Å²) in [6.07, 6.45) is 0.393. The summed E-state index contributed by atoms with van der Waals surface area (Å²) in [7, 11) is 1.59. The Morgan fingerprint density at radius 2 is 1.85 bits per heavy atom. The molecule has 0 radical (unpaired) electrons. The van der Waals surface area contributed by atoms with Crippen LogP contribution in [0.5, 0.6) is 5.75 Å². The predicted octanol–water partition coefficient (Wildman–Crippen LogP) is 3.95. The molecule has 0 unspecified atom stereocenters.